The van der Waals surface area contributed by atoms with E-state index in [1.165, 1.54) is 0 Å². The highest BCUT2D eigenvalue weighted by Gasteiger charge is 2.22. The van der Waals surface area contributed by atoms with Crippen LogP contribution in [0.4, 0.5) is 10.2 Å². The Kier molecular flexibility index (Phi) is 3.70. The van der Waals surface area contributed by atoms with Crippen molar-refractivity contribution in [2.45, 2.75) is 33.7 Å². The van der Waals surface area contributed by atoms with Crippen LogP contribution in [0.1, 0.15) is 38.1 Å². The van der Waals surface area contributed by atoms with Crippen molar-refractivity contribution in [2.75, 3.05) is 5.32 Å². The number of halogens is 1. The Morgan fingerprint density at radius 2 is 2.12 bits per heavy atom. The first kappa shape index (κ1) is 13.4. The van der Waals surface area contributed by atoms with Crippen molar-refractivity contribution in [2.24, 2.45) is 5.41 Å². The molecule has 0 saturated carbocycles. The Bertz CT molecular complexity index is 427. The van der Waals surface area contributed by atoms with Gasteiger partial charge >= 0.3 is 5.97 Å². The maximum atomic E-state index is 12.9. The number of aromatic carboxylic acids is 1. The fourth-order valence-corrected chi connectivity index (χ4v) is 1.14. The molecule has 1 aromatic heterocycles. The van der Waals surface area contributed by atoms with Crippen molar-refractivity contribution in [3.63, 3.8) is 0 Å². The Morgan fingerprint density at radius 1 is 1.53 bits per heavy atom. The summed E-state index contributed by atoms with van der Waals surface area (Å²) in [4.78, 5) is 14.7. The highest BCUT2D eigenvalue weighted by Crippen LogP contribution is 2.23. The SMILES string of the molecule is CC(Nc1ncc(F)cc1C(=O)O)C(C)(C)C. The average Bonchev–Trinajstić information content (AvgIpc) is 2.18. The van der Waals surface area contributed by atoms with Gasteiger partial charge in [0.25, 0.3) is 0 Å². The molecule has 1 rings (SSSR count). The third-order valence-electron chi connectivity index (χ3n) is 2.74. The summed E-state index contributed by atoms with van der Waals surface area (Å²) in [5.41, 5.74) is -0.202. The number of carbonyl (C=O) groups is 1. The number of carboxylic acid groups (broad SMARTS) is 1. The molecule has 4 nitrogen and oxygen atoms in total. The second kappa shape index (κ2) is 4.69. The summed E-state index contributed by atoms with van der Waals surface area (Å²) in [6.45, 7) is 7.99. The molecule has 1 unspecified atom stereocenters. The summed E-state index contributed by atoms with van der Waals surface area (Å²) in [6.07, 6.45) is 1.00. The molecule has 0 amide bonds. The van der Waals surface area contributed by atoms with Crippen LogP contribution in [0.2, 0.25) is 0 Å². The van der Waals surface area contributed by atoms with Crippen LogP contribution in [-0.4, -0.2) is 22.1 Å². The zero-order chi connectivity index (χ0) is 13.2. The van der Waals surface area contributed by atoms with Crippen LogP contribution in [0, 0.1) is 11.2 Å². The maximum Gasteiger partial charge on any atom is 0.339 e. The molecule has 0 fully saturated rings. The van der Waals surface area contributed by atoms with E-state index in [-0.39, 0.29) is 22.8 Å². The van der Waals surface area contributed by atoms with Crippen LogP contribution in [-0.2, 0) is 0 Å². The van der Waals surface area contributed by atoms with Crippen molar-refractivity contribution in [1.29, 1.82) is 0 Å². The van der Waals surface area contributed by atoms with Gasteiger partial charge in [-0.3, -0.25) is 0 Å². The van der Waals surface area contributed by atoms with Gasteiger partial charge in [-0.2, -0.15) is 0 Å². The van der Waals surface area contributed by atoms with Crippen LogP contribution >= 0.6 is 0 Å². The van der Waals surface area contributed by atoms with Gasteiger partial charge in [0, 0.05) is 6.04 Å². The number of pyridine rings is 1. The number of nitrogens with one attached hydrogen (secondary N) is 1. The summed E-state index contributed by atoms with van der Waals surface area (Å²) in [5, 5.41) is 12.0. The van der Waals surface area contributed by atoms with Gasteiger partial charge in [-0.05, 0) is 18.4 Å². The van der Waals surface area contributed by atoms with Crippen molar-refractivity contribution in [1.82, 2.24) is 4.98 Å². The minimum atomic E-state index is -1.19. The third-order valence-corrected chi connectivity index (χ3v) is 2.74. The largest absolute Gasteiger partial charge is 0.478 e. The summed E-state index contributed by atoms with van der Waals surface area (Å²) in [6, 6.07) is 0.978. The van der Waals surface area contributed by atoms with E-state index in [0.717, 1.165) is 12.3 Å². The number of aromatic nitrogens is 1. The predicted octanol–water partition coefficient (Wildman–Crippen LogP) is 2.77. The first-order valence-electron chi connectivity index (χ1n) is 5.37. The zero-order valence-corrected chi connectivity index (χ0v) is 10.4. The lowest BCUT2D eigenvalue weighted by Crippen LogP contribution is -2.31. The molecule has 1 aromatic rings. The average molecular weight is 240 g/mol. The van der Waals surface area contributed by atoms with Crippen LogP contribution in [0.25, 0.3) is 0 Å². The van der Waals surface area contributed by atoms with E-state index in [1.807, 2.05) is 27.7 Å². The molecule has 1 heterocycles. The van der Waals surface area contributed by atoms with Crippen molar-refractivity contribution >= 4 is 11.8 Å². The molecule has 0 aliphatic heterocycles. The van der Waals surface area contributed by atoms with Crippen LogP contribution in [0.3, 0.4) is 0 Å². The van der Waals surface area contributed by atoms with E-state index in [4.69, 9.17) is 5.11 Å². The Balaban J connectivity index is 3.03. The van der Waals surface area contributed by atoms with Gasteiger partial charge in [0.1, 0.15) is 17.2 Å². The summed E-state index contributed by atoms with van der Waals surface area (Å²) < 4.78 is 12.9. The molecule has 0 saturated heterocycles. The van der Waals surface area contributed by atoms with Gasteiger partial charge in [-0.15, -0.1) is 0 Å². The lowest BCUT2D eigenvalue weighted by Gasteiger charge is -2.28. The van der Waals surface area contributed by atoms with Gasteiger partial charge in [-0.25, -0.2) is 14.2 Å². The number of anilines is 1. The Hall–Kier alpha value is -1.65. The van der Waals surface area contributed by atoms with Crippen LogP contribution in [0.15, 0.2) is 12.3 Å². The van der Waals surface area contributed by atoms with Crippen molar-refractivity contribution in [3.8, 4) is 0 Å². The van der Waals surface area contributed by atoms with E-state index in [0.29, 0.717) is 0 Å². The minimum absolute atomic E-state index is 0.0126. The molecule has 0 radical (unpaired) electrons. The van der Waals surface area contributed by atoms with Gasteiger partial charge in [-0.1, -0.05) is 20.8 Å². The minimum Gasteiger partial charge on any atom is -0.478 e. The van der Waals surface area contributed by atoms with Gasteiger partial charge < -0.3 is 10.4 Å². The molecular formula is C12H17FN2O2. The summed E-state index contributed by atoms with van der Waals surface area (Å²) in [5.74, 6) is -1.65. The molecule has 94 valence electrons. The molecule has 0 aliphatic carbocycles. The Labute approximate surface area is 99.9 Å². The van der Waals surface area contributed by atoms with E-state index < -0.39 is 11.8 Å². The lowest BCUT2D eigenvalue weighted by molar-refractivity contribution is 0.0697. The summed E-state index contributed by atoms with van der Waals surface area (Å²) >= 11 is 0. The standard InChI is InChI=1S/C12H17FN2O2/c1-7(12(2,3)4)15-10-9(11(16)17)5-8(13)6-14-10/h5-7H,1-4H3,(H,14,15)(H,16,17). The van der Waals surface area contributed by atoms with Crippen LogP contribution in [0.5, 0.6) is 0 Å². The highest BCUT2D eigenvalue weighted by molar-refractivity contribution is 5.93. The van der Waals surface area contributed by atoms with Gasteiger partial charge in [0.2, 0.25) is 0 Å². The first-order chi connectivity index (χ1) is 7.71. The number of nitrogens with zero attached hydrogens (tertiary/aromatic N) is 1. The molecule has 0 bridgehead atoms. The number of rotatable bonds is 3. The molecule has 0 aromatic carbocycles. The van der Waals surface area contributed by atoms with E-state index in [9.17, 15) is 9.18 Å². The smallest absolute Gasteiger partial charge is 0.339 e. The number of hydrogen-bond acceptors (Lipinski definition) is 3. The topological polar surface area (TPSA) is 62.2 Å². The second-order valence-electron chi connectivity index (χ2n) is 5.09. The fraction of sp³-hybridized carbons (Fsp3) is 0.500. The predicted molar refractivity (Wildman–Crippen MR) is 63.7 cm³/mol. The van der Waals surface area contributed by atoms with Crippen molar-refractivity contribution in [3.05, 3.63) is 23.6 Å². The monoisotopic (exact) mass is 240 g/mol. The Morgan fingerprint density at radius 3 is 2.59 bits per heavy atom. The molecule has 1 atom stereocenters. The normalized spacial score (nSPS) is 13.2. The fourth-order valence-electron chi connectivity index (χ4n) is 1.14. The molecule has 2 N–H and O–H groups in total. The molecular weight excluding hydrogens is 223 g/mol. The number of hydrogen-bond donors (Lipinski definition) is 2. The maximum absolute atomic E-state index is 12.9. The molecule has 5 heteroatoms. The van der Waals surface area contributed by atoms with E-state index in [2.05, 4.69) is 10.3 Å². The van der Waals surface area contributed by atoms with Crippen LogP contribution < -0.4 is 5.32 Å². The second-order valence-corrected chi connectivity index (χ2v) is 5.09. The zero-order valence-electron chi connectivity index (χ0n) is 10.4. The lowest BCUT2D eigenvalue weighted by atomic mass is 9.88. The van der Waals surface area contributed by atoms with E-state index in [1.54, 1.807) is 0 Å². The molecule has 0 spiro atoms. The third kappa shape index (κ3) is 3.41. The summed E-state index contributed by atoms with van der Waals surface area (Å²) in [7, 11) is 0. The van der Waals surface area contributed by atoms with Gasteiger partial charge in [0.15, 0.2) is 0 Å². The number of carboxylic acids is 1. The quantitative estimate of drug-likeness (QED) is 0.852. The van der Waals surface area contributed by atoms with Gasteiger partial charge in [0.05, 0.1) is 6.20 Å². The van der Waals surface area contributed by atoms with E-state index >= 15 is 0 Å². The van der Waals surface area contributed by atoms with Crippen molar-refractivity contribution < 1.29 is 14.3 Å². The first-order valence-corrected chi connectivity index (χ1v) is 5.37. The highest BCUT2D eigenvalue weighted by atomic mass is 19.1. The molecule has 17 heavy (non-hydrogen) atoms. The molecule has 0 aliphatic rings.